The van der Waals surface area contributed by atoms with Crippen LogP contribution in [0.15, 0.2) is 6.07 Å². The molecule has 0 aromatic carbocycles. The lowest BCUT2D eigenvalue weighted by Crippen LogP contribution is -2.24. The number of nitrogen functional groups attached to an aromatic ring is 1. The number of ether oxygens (including phenoxy) is 1. The summed E-state index contributed by atoms with van der Waals surface area (Å²) in [7, 11) is 0. The molecule has 1 aromatic heterocycles. The van der Waals surface area contributed by atoms with Crippen LogP contribution in [0.5, 0.6) is 0 Å². The summed E-state index contributed by atoms with van der Waals surface area (Å²) >= 11 is 5.82. The third-order valence-electron chi connectivity index (χ3n) is 2.77. The molecule has 1 atom stereocenters. The SMILES string of the molecule is NC(=O)OC[C@@H]1CCN(c2cc(Cl)nc(N)n2)C1. The first-order valence-electron chi connectivity index (χ1n) is 5.52. The summed E-state index contributed by atoms with van der Waals surface area (Å²) in [5.74, 6) is 1.08. The second kappa shape index (κ2) is 5.26. The van der Waals surface area contributed by atoms with Crippen LogP contribution in [0.4, 0.5) is 16.6 Å². The van der Waals surface area contributed by atoms with Crippen molar-refractivity contribution in [1.82, 2.24) is 9.97 Å². The molecule has 98 valence electrons. The Hall–Kier alpha value is -1.76. The fourth-order valence-corrected chi connectivity index (χ4v) is 2.15. The molecule has 0 spiro atoms. The topological polar surface area (TPSA) is 107 Å². The number of hydrogen-bond donors (Lipinski definition) is 2. The van der Waals surface area contributed by atoms with Crippen LogP contribution < -0.4 is 16.4 Å². The van der Waals surface area contributed by atoms with Crippen molar-refractivity contribution in [3.8, 4) is 0 Å². The van der Waals surface area contributed by atoms with Crippen molar-refractivity contribution in [2.24, 2.45) is 11.7 Å². The largest absolute Gasteiger partial charge is 0.449 e. The predicted octanol–water partition coefficient (Wildman–Crippen LogP) is 0.634. The van der Waals surface area contributed by atoms with Gasteiger partial charge in [-0.1, -0.05) is 11.6 Å². The molecule has 0 unspecified atom stereocenters. The van der Waals surface area contributed by atoms with Crippen LogP contribution >= 0.6 is 11.6 Å². The van der Waals surface area contributed by atoms with Gasteiger partial charge in [0.1, 0.15) is 11.0 Å². The van der Waals surface area contributed by atoms with E-state index in [1.165, 1.54) is 0 Å². The van der Waals surface area contributed by atoms with Gasteiger partial charge in [0.05, 0.1) is 6.61 Å². The second-order valence-corrected chi connectivity index (χ2v) is 4.53. The van der Waals surface area contributed by atoms with Crippen LogP contribution in [0.2, 0.25) is 5.15 Å². The Morgan fingerprint density at radius 2 is 2.39 bits per heavy atom. The van der Waals surface area contributed by atoms with Gasteiger partial charge in [-0.15, -0.1) is 0 Å². The minimum atomic E-state index is -0.747. The zero-order valence-corrected chi connectivity index (χ0v) is 10.4. The molecule has 1 saturated heterocycles. The van der Waals surface area contributed by atoms with E-state index in [1.54, 1.807) is 6.07 Å². The van der Waals surface area contributed by atoms with E-state index in [0.717, 1.165) is 19.5 Å². The molecule has 1 aromatic rings. The smallest absolute Gasteiger partial charge is 0.404 e. The number of rotatable bonds is 3. The zero-order valence-electron chi connectivity index (χ0n) is 9.67. The summed E-state index contributed by atoms with van der Waals surface area (Å²) in [5.41, 5.74) is 10.5. The van der Waals surface area contributed by atoms with Crippen molar-refractivity contribution in [2.75, 3.05) is 30.3 Å². The molecule has 7 nitrogen and oxygen atoms in total. The Labute approximate surface area is 109 Å². The molecule has 1 aliphatic rings. The first kappa shape index (κ1) is 12.7. The fourth-order valence-electron chi connectivity index (χ4n) is 1.96. The standard InChI is InChI=1S/C10H14ClN5O2/c11-7-3-8(15-9(12)14-7)16-2-1-6(4-16)5-18-10(13)17/h3,6H,1-2,4-5H2,(H2,13,17)(H2,12,14,15)/t6-/m1/s1. The van der Waals surface area contributed by atoms with Crippen LogP contribution in [-0.4, -0.2) is 35.8 Å². The fraction of sp³-hybridized carbons (Fsp3) is 0.500. The van der Waals surface area contributed by atoms with Gasteiger partial charge in [-0.25, -0.2) is 9.78 Å². The molecule has 2 rings (SSSR count). The highest BCUT2D eigenvalue weighted by Gasteiger charge is 2.25. The summed E-state index contributed by atoms with van der Waals surface area (Å²) in [4.78, 5) is 20.5. The Balaban J connectivity index is 1.97. The zero-order chi connectivity index (χ0) is 13.1. The molecule has 1 amide bonds. The molecule has 0 bridgehead atoms. The predicted molar refractivity (Wildman–Crippen MR) is 67.3 cm³/mol. The summed E-state index contributed by atoms with van der Waals surface area (Å²) in [6, 6.07) is 1.66. The molecular formula is C10H14ClN5O2. The highest BCUT2D eigenvalue weighted by molar-refractivity contribution is 6.29. The molecule has 18 heavy (non-hydrogen) atoms. The van der Waals surface area contributed by atoms with Gasteiger partial charge in [0.25, 0.3) is 0 Å². The quantitative estimate of drug-likeness (QED) is 0.781. The number of halogens is 1. The van der Waals surface area contributed by atoms with Crippen molar-refractivity contribution in [2.45, 2.75) is 6.42 Å². The van der Waals surface area contributed by atoms with Crippen LogP contribution in [0, 0.1) is 5.92 Å². The van der Waals surface area contributed by atoms with E-state index in [2.05, 4.69) is 9.97 Å². The van der Waals surface area contributed by atoms with Gasteiger partial charge in [0, 0.05) is 25.1 Å². The maximum atomic E-state index is 10.5. The van der Waals surface area contributed by atoms with Crippen molar-refractivity contribution >= 4 is 29.5 Å². The number of amides is 1. The molecule has 0 aliphatic carbocycles. The molecule has 2 heterocycles. The summed E-state index contributed by atoms with van der Waals surface area (Å²) < 4.78 is 4.79. The van der Waals surface area contributed by atoms with Gasteiger partial charge in [-0.05, 0) is 6.42 Å². The molecule has 0 radical (unpaired) electrons. The Bertz CT molecular complexity index is 436. The summed E-state index contributed by atoms with van der Waals surface area (Å²) in [6.45, 7) is 1.85. The molecule has 0 saturated carbocycles. The van der Waals surface area contributed by atoms with Gasteiger partial charge >= 0.3 is 6.09 Å². The molecule has 1 aliphatic heterocycles. The lowest BCUT2D eigenvalue weighted by molar-refractivity contribution is 0.140. The number of carbonyl (C=O) groups is 1. The first-order valence-corrected chi connectivity index (χ1v) is 5.89. The first-order chi connectivity index (χ1) is 8.54. The Morgan fingerprint density at radius 3 is 3.06 bits per heavy atom. The van der Waals surface area contributed by atoms with E-state index in [9.17, 15) is 4.79 Å². The normalized spacial score (nSPS) is 18.9. The van der Waals surface area contributed by atoms with E-state index < -0.39 is 6.09 Å². The van der Waals surface area contributed by atoms with Crippen LogP contribution in [0.3, 0.4) is 0 Å². The van der Waals surface area contributed by atoms with Gasteiger partial charge < -0.3 is 21.1 Å². The second-order valence-electron chi connectivity index (χ2n) is 4.14. The lowest BCUT2D eigenvalue weighted by atomic mass is 10.1. The lowest BCUT2D eigenvalue weighted by Gasteiger charge is -2.17. The average Bonchev–Trinajstić information content (AvgIpc) is 2.73. The summed E-state index contributed by atoms with van der Waals surface area (Å²) in [5, 5.41) is 0.314. The third kappa shape index (κ3) is 3.13. The maximum Gasteiger partial charge on any atom is 0.404 e. The van der Waals surface area contributed by atoms with Crippen LogP contribution in [0.25, 0.3) is 0 Å². The van der Waals surface area contributed by atoms with Gasteiger partial charge in [-0.3, -0.25) is 0 Å². The minimum Gasteiger partial charge on any atom is -0.449 e. The molecule has 1 fully saturated rings. The number of aromatic nitrogens is 2. The monoisotopic (exact) mass is 271 g/mol. The van der Waals surface area contributed by atoms with E-state index in [0.29, 0.717) is 17.6 Å². The number of primary amides is 1. The summed E-state index contributed by atoms with van der Waals surface area (Å²) in [6.07, 6.45) is 0.150. The average molecular weight is 272 g/mol. The van der Waals surface area contributed by atoms with Gasteiger partial charge in [0.15, 0.2) is 0 Å². The van der Waals surface area contributed by atoms with E-state index in [-0.39, 0.29) is 11.9 Å². The van der Waals surface area contributed by atoms with Crippen molar-refractivity contribution in [3.05, 3.63) is 11.2 Å². The van der Waals surface area contributed by atoms with Crippen molar-refractivity contribution in [1.29, 1.82) is 0 Å². The van der Waals surface area contributed by atoms with Crippen molar-refractivity contribution < 1.29 is 9.53 Å². The van der Waals surface area contributed by atoms with Gasteiger partial charge in [0.2, 0.25) is 5.95 Å². The van der Waals surface area contributed by atoms with E-state index in [4.69, 9.17) is 27.8 Å². The Kier molecular flexibility index (Phi) is 3.71. The molecule has 8 heteroatoms. The van der Waals surface area contributed by atoms with Crippen LogP contribution in [-0.2, 0) is 4.74 Å². The minimum absolute atomic E-state index is 0.148. The number of carbonyl (C=O) groups excluding carboxylic acids is 1. The Morgan fingerprint density at radius 1 is 1.61 bits per heavy atom. The van der Waals surface area contributed by atoms with E-state index >= 15 is 0 Å². The van der Waals surface area contributed by atoms with Crippen molar-refractivity contribution in [3.63, 3.8) is 0 Å². The number of anilines is 2. The van der Waals surface area contributed by atoms with E-state index in [1.807, 2.05) is 4.90 Å². The van der Waals surface area contributed by atoms with Gasteiger partial charge in [-0.2, -0.15) is 4.98 Å². The highest BCUT2D eigenvalue weighted by Crippen LogP contribution is 2.24. The van der Waals surface area contributed by atoms with Crippen LogP contribution in [0.1, 0.15) is 6.42 Å². The highest BCUT2D eigenvalue weighted by atomic mass is 35.5. The molecule has 4 N–H and O–H groups in total. The number of nitrogens with two attached hydrogens (primary N) is 2. The molecular weight excluding hydrogens is 258 g/mol. The number of hydrogen-bond acceptors (Lipinski definition) is 6. The third-order valence-corrected chi connectivity index (χ3v) is 2.96. The number of nitrogens with zero attached hydrogens (tertiary/aromatic N) is 3. The maximum absolute atomic E-state index is 10.5.